The topological polar surface area (TPSA) is 68.0 Å². The standard InChI is InChI=1S/C17H9Cl2N3O2S2/c18-14-6-10(15(19)26-14)12-8-25-17(20-12)21-16(23)11-7-13(24-22-11)9-4-2-1-3-5-9/h1-8H,(H,20,21,23). The molecular weight excluding hydrogens is 413 g/mol. The zero-order valence-electron chi connectivity index (χ0n) is 12.9. The molecule has 0 unspecified atom stereocenters. The molecule has 130 valence electrons. The summed E-state index contributed by atoms with van der Waals surface area (Å²) in [6.45, 7) is 0. The summed E-state index contributed by atoms with van der Waals surface area (Å²) in [5.41, 5.74) is 2.42. The number of carbonyl (C=O) groups is 1. The molecule has 1 amide bonds. The van der Waals surface area contributed by atoms with Gasteiger partial charge < -0.3 is 4.52 Å². The predicted octanol–water partition coefficient (Wildman–Crippen LogP) is 6.09. The number of hydrogen-bond acceptors (Lipinski definition) is 6. The van der Waals surface area contributed by atoms with Gasteiger partial charge >= 0.3 is 0 Å². The van der Waals surface area contributed by atoms with Crippen LogP contribution >= 0.6 is 45.9 Å². The van der Waals surface area contributed by atoms with E-state index in [0.717, 1.165) is 11.1 Å². The van der Waals surface area contributed by atoms with Crippen molar-refractivity contribution in [1.29, 1.82) is 0 Å². The molecule has 1 N–H and O–H groups in total. The Morgan fingerprint density at radius 3 is 2.69 bits per heavy atom. The number of thiophene rings is 1. The first-order valence-electron chi connectivity index (χ1n) is 7.34. The summed E-state index contributed by atoms with van der Waals surface area (Å²) in [4.78, 5) is 16.7. The lowest BCUT2D eigenvalue weighted by Crippen LogP contribution is -2.11. The van der Waals surface area contributed by atoms with E-state index in [9.17, 15) is 4.79 Å². The van der Waals surface area contributed by atoms with Crippen LogP contribution in [0.4, 0.5) is 5.13 Å². The Morgan fingerprint density at radius 1 is 1.15 bits per heavy atom. The van der Waals surface area contributed by atoms with E-state index >= 15 is 0 Å². The highest BCUT2D eigenvalue weighted by Gasteiger charge is 2.17. The fraction of sp³-hybridized carbons (Fsp3) is 0. The second-order valence-corrected chi connectivity index (χ2v) is 8.32. The van der Waals surface area contributed by atoms with Gasteiger partial charge in [0.25, 0.3) is 5.91 Å². The van der Waals surface area contributed by atoms with E-state index in [4.69, 9.17) is 27.7 Å². The summed E-state index contributed by atoms with van der Waals surface area (Å²) in [7, 11) is 0. The molecule has 0 radical (unpaired) electrons. The van der Waals surface area contributed by atoms with Crippen LogP contribution in [0.15, 0.2) is 52.4 Å². The highest BCUT2D eigenvalue weighted by molar-refractivity contribution is 7.20. The van der Waals surface area contributed by atoms with Crippen LogP contribution in [0.25, 0.3) is 22.6 Å². The number of nitrogens with one attached hydrogen (secondary N) is 1. The zero-order chi connectivity index (χ0) is 18.1. The number of aromatic nitrogens is 2. The summed E-state index contributed by atoms with van der Waals surface area (Å²) in [5.74, 6) is 0.126. The maximum atomic E-state index is 12.4. The maximum Gasteiger partial charge on any atom is 0.279 e. The minimum Gasteiger partial charge on any atom is -0.355 e. The van der Waals surface area contributed by atoms with Crippen LogP contribution in [0, 0.1) is 0 Å². The first kappa shape index (κ1) is 17.2. The summed E-state index contributed by atoms with van der Waals surface area (Å²) < 4.78 is 6.38. The molecule has 0 spiro atoms. The lowest BCUT2D eigenvalue weighted by atomic mass is 10.1. The molecule has 1 aromatic carbocycles. The zero-order valence-corrected chi connectivity index (χ0v) is 16.0. The number of halogens is 2. The van der Waals surface area contributed by atoms with Gasteiger partial charge in [0.05, 0.1) is 10.0 Å². The van der Waals surface area contributed by atoms with Crippen molar-refractivity contribution in [3.63, 3.8) is 0 Å². The molecule has 0 fully saturated rings. The Bertz CT molecular complexity index is 1070. The lowest BCUT2D eigenvalue weighted by molar-refractivity contribution is 0.101. The van der Waals surface area contributed by atoms with Crippen molar-refractivity contribution < 1.29 is 9.32 Å². The van der Waals surface area contributed by atoms with Crippen LogP contribution in [0.2, 0.25) is 8.67 Å². The average Bonchev–Trinajstić information content (AvgIpc) is 3.35. The number of carbonyl (C=O) groups excluding carboxylic acids is 1. The number of nitrogens with zero attached hydrogens (tertiary/aromatic N) is 2. The van der Waals surface area contributed by atoms with Crippen LogP contribution in [-0.2, 0) is 0 Å². The summed E-state index contributed by atoms with van der Waals surface area (Å²) in [6.07, 6.45) is 0. The highest BCUT2D eigenvalue weighted by atomic mass is 35.5. The Morgan fingerprint density at radius 2 is 1.96 bits per heavy atom. The van der Waals surface area contributed by atoms with Crippen molar-refractivity contribution in [2.75, 3.05) is 5.32 Å². The first-order valence-corrected chi connectivity index (χ1v) is 9.79. The Labute approximate surface area is 166 Å². The molecule has 3 heterocycles. The van der Waals surface area contributed by atoms with E-state index < -0.39 is 5.91 Å². The SMILES string of the molecule is O=C(Nc1nc(-c2cc(Cl)sc2Cl)cs1)c1cc(-c2ccccc2)on1. The number of rotatable bonds is 4. The molecule has 26 heavy (non-hydrogen) atoms. The number of hydrogen-bond donors (Lipinski definition) is 1. The van der Waals surface area contributed by atoms with E-state index in [0.29, 0.717) is 25.3 Å². The van der Waals surface area contributed by atoms with Crippen molar-refractivity contribution in [1.82, 2.24) is 10.1 Å². The predicted molar refractivity (Wildman–Crippen MR) is 105 cm³/mol. The largest absolute Gasteiger partial charge is 0.355 e. The number of benzene rings is 1. The van der Waals surface area contributed by atoms with Gasteiger partial charge in [0.1, 0.15) is 4.34 Å². The molecule has 0 aliphatic rings. The number of thiazole rings is 1. The summed E-state index contributed by atoms with van der Waals surface area (Å²) in [6, 6.07) is 12.8. The fourth-order valence-electron chi connectivity index (χ4n) is 2.25. The summed E-state index contributed by atoms with van der Waals surface area (Å²) >= 11 is 14.7. The van der Waals surface area contributed by atoms with Gasteiger partial charge in [-0.15, -0.1) is 22.7 Å². The maximum absolute atomic E-state index is 12.4. The third-order valence-corrected chi connectivity index (χ3v) is 5.70. The van der Waals surface area contributed by atoms with E-state index in [1.807, 2.05) is 30.3 Å². The van der Waals surface area contributed by atoms with Crippen LogP contribution in [0.5, 0.6) is 0 Å². The minimum absolute atomic E-state index is 0.178. The molecule has 0 bridgehead atoms. The molecule has 0 saturated heterocycles. The molecule has 0 aliphatic heterocycles. The van der Waals surface area contributed by atoms with Crippen molar-refractivity contribution >= 4 is 56.9 Å². The van der Waals surface area contributed by atoms with Crippen molar-refractivity contribution in [2.45, 2.75) is 0 Å². The minimum atomic E-state index is -0.397. The lowest BCUT2D eigenvalue weighted by Gasteiger charge is -1.96. The fourth-order valence-corrected chi connectivity index (χ4v) is 4.44. The third-order valence-electron chi connectivity index (χ3n) is 3.46. The van der Waals surface area contributed by atoms with Gasteiger partial charge in [-0.3, -0.25) is 10.1 Å². The molecule has 9 heteroatoms. The highest BCUT2D eigenvalue weighted by Crippen LogP contribution is 2.39. The Kier molecular flexibility index (Phi) is 4.78. The Balaban J connectivity index is 1.51. The second-order valence-electron chi connectivity index (χ2n) is 5.17. The quantitative estimate of drug-likeness (QED) is 0.432. The number of anilines is 1. The monoisotopic (exact) mass is 421 g/mol. The molecule has 5 nitrogen and oxygen atoms in total. The van der Waals surface area contributed by atoms with Crippen LogP contribution in [-0.4, -0.2) is 16.0 Å². The molecule has 4 rings (SSSR count). The van der Waals surface area contributed by atoms with Gasteiger partial charge in [-0.05, 0) is 6.07 Å². The average molecular weight is 422 g/mol. The Hall–Kier alpha value is -2.19. The van der Waals surface area contributed by atoms with E-state index in [2.05, 4.69) is 15.5 Å². The first-order chi connectivity index (χ1) is 12.6. The summed E-state index contributed by atoms with van der Waals surface area (Å²) in [5, 5.41) is 8.78. The van der Waals surface area contributed by atoms with Crippen molar-refractivity contribution in [3.8, 4) is 22.6 Å². The van der Waals surface area contributed by atoms with Crippen molar-refractivity contribution in [3.05, 3.63) is 62.2 Å². The molecular formula is C17H9Cl2N3O2S2. The second kappa shape index (κ2) is 7.20. The van der Waals surface area contributed by atoms with Gasteiger partial charge in [-0.1, -0.05) is 58.7 Å². The molecule has 0 saturated carbocycles. The normalized spacial score (nSPS) is 10.8. The van der Waals surface area contributed by atoms with Gasteiger partial charge in [-0.2, -0.15) is 0 Å². The molecule has 3 aromatic heterocycles. The van der Waals surface area contributed by atoms with Gasteiger partial charge in [0.2, 0.25) is 0 Å². The van der Waals surface area contributed by atoms with E-state index in [1.54, 1.807) is 17.5 Å². The van der Waals surface area contributed by atoms with Gasteiger partial charge in [-0.25, -0.2) is 4.98 Å². The van der Waals surface area contributed by atoms with Gasteiger partial charge in [0.15, 0.2) is 16.6 Å². The molecule has 0 aliphatic carbocycles. The van der Waals surface area contributed by atoms with Crippen LogP contribution in [0.3, 0.4) is 0 Å². The molecule has 4 aromatic rings. The van der Waals surface area contributed by atoms with Crippen LogP contribution < -0.4 is 5.32 Å². The van der Waals surface area contributed by atoms with E-state index in [-0.39, 0.29) is 5.69 Å². The van der Waals surface area contributed by atoms with E-state index in [1.165, 1.54) is 22.7 Å². The number of amides is 1. The van der Waals surface area contributed by atoms with Gasteiger partial charge in [0, 0.05) is 22.6 Å². The molecule has 0 atom stereocenters. The smallest absolute Gasteiger partial charge is 0.279 e. The van der Waals surface area contributed by atoms with Crippen molar-refractivity contribution in [2.24, 2.45) is 0 Å². The van der Waals surface area contributed by atoms with Crippen LogP contribution in [0.1, 0.15) is 10.5 Å². The third kappa shape index (κ3) is 3.52.